The van der Waals surface area contributed by atoms with Crippen molar-refractivity contribution in [3.63, 3.8) is 0 Å². The van der Waals surface area contributed by atoms with Crippen molar-refractivity contribution in [3.8, 4) is 0 Å². The summed E-state index contributed by atoms with van der Waals surface area (Å²) < 4.78 is 1.08. The Kier molecular flexibility index (Phi) is 5.02. The van der Waals surface area contributed by atoms with Crippen LogP contribution >= 0.6 is 15.9 Å². The van der Waals surface area contributed by atoms with Crippen LogP contribution in [0.2, 0.25) is 0 Å². The molecule has 2 aromatic carbocycles. The van der Waals surface area contributed by atoms with Crippen LogP contribution in [0.5, 0.6) is 0 Å². The lowest BCUT2D eigenvalue weighted by Gasteiger charge is -2.13. The zero-order valence-electron chi connectivity index (χ0n) is 12.1. The van der Waals surface area contributed by atoms with Gasteiger partial charge in [-0.2, -0.15) is 0 Å². The molecule has 0 aliphatic rings. The molecule has 0 saturated heterocycles. The van der Waals surface area contributed by atoms with Crippen LogP contribution in [0, 0.1) is 13.8 Å². The van der Waals surface area contributed by atoms with Crippen molar-refractivity contribution in [1.29, 1.82) is 0 Å². The molecular weight excluding hydrogens is 330 g/mol. The van der Waals surface area contributed by atoms with Gasteiger partial charge in [0.05, 0.1) is 6.42 Å². The molecule has 110 valence electrons. The fourth-order valence-corrected chi connectivity index (χ4v) is 3.02. The van der Waals surface area contributed by atoms with E-state index in [1.54, 1.807) is 0 Å². The van der Waals surface area contributed by atoms with Gasteiger partial charge in [-0.15, -0.1) is 0 Å². The van der Waals surface area contributed by atoms with E-state index >= 15 is 0 Å². The molecular formula is C17H18BrNO2. The Morgan fingerprint density at radius 2 is 1.62 bits per heavy atom. The molecule has 0 heterocycles. The summed E-state index contributed by atoms with van der Waals surface area (Å²) in [5.74, 6) is -0.804. The maximum Gasteiger partial charge on any atom is 0.307 e. The number of carboxylic acids is 1. The zero-order valence-corrected chi connectivity index (χ0v) is 13.7. The van der Waals surface area contributed by atoms with Crippen molar-refractivity contribution in [2.75, 3.05) is 5.32 Å². The van der Waals surface area contributed by atoms with E-state index in [4.69, 9.17) is 5.11 Å². The fraction of sp³-hybridized carbons (Fsp3) is 0.235. The van der Waals surface area contributed by atoms with Crippen LogP contribution < -0.4 is 5.32 Å². The Morgan fingerprint density at radius 3 is 2.14 bits per heavy atom. The van der Waals surface area contributed by atoms with Gasteiger partial charge in [0.1, 0.15) is 0 Å². The molecule has 0 aliphatic heterocycles. The molecule has 4 heteroatoms. The third-order valence-electron chi connectivity index (χ3n) is 3.35. The molecule has 2 N–H and O–H groups in total. The van der Waals surface area contributed by atoms with Gasteiger partial charge >= 0.3 is 5.97 Å². The number of carbonyl (C=O) groups is 1. The van der Waals surface area contributed by atoms with Crippen LogP contribution in [0.3, 0.4) is 0 Å². The van der Waals surface area contributed by atoms with Gasteiger partial charge in [0, 0.05) is 16.7 Å². The van der Waals surface area contributed by atoms with Crippen LogP contribution in [0.1, 0.15) is 22.3 Å². The molecule has 0 atom stereocenters. The van der Waals surface area contributed by atoms with Crippen molar-refractivity contribution in [1.82, 2.24) is 0 Å². The molecule has 0 aliphatic carbocycles. The van der Waals surface area contributed by atoms with Crippen LogP contribution in [-0.2, 0) is 17.8 Å². The molecule has 2 rings (SSSR count). The summed E-state index contributed by atoms with van der Waals surface area (Å²) in [7, 11) is 0. The number of aliphatic carboxylic acids is 1. The van der Waals surface area contributed by atoms with Gasteiger partial charge in [0.15, 0.2) is 0 Å². The summed E-state index contributed by atoms with van der Waals surface area (Å²) in [5.41, 5.74) is 5.50. The van der Waals surface area contributed by atoms with E-state index in [0.29, 0.717) is 0 Å². The predicted molar refractivity (Wildman–Crippen MR) is 88.7 cm³/mol. The number of hydrogen-bond donors (Lipinski definition) is 2. The largest absolute Gasteiger partial charge is 0.481 e. The quantitative estimate of drug-likeness (QED) is 0.847. The lowest BCUT2D eigenvalue weighted by molar-refractivity contribution is -0.136. The zero-order chi connectivity index (χ0) is 15.4. The SMILES string of the molecule is Cc1cc(Br)cc(C)c1NCc1ccc(CC(=O)O)cc1. The maximum atomic E-state index is 10.7. The Morgan fingerprint density at radius 1 is 1.10 bits per heavy atom. The molecule has 0 bridgehead atoms. The number of carboxylic acid groups (broad SMARTS) is 1. The van der Waals surface area contributed by atoms with Gasteiger partial charge in [-0.3, -0.25) is 4.79 Å². The van der Waals surface area contributed by atoms with Crippen LogP contribution in [-0.4, -0.2) is 11.1 Å². The number of rotatable bonds is 5. The lowest BCUT2D eigenvalue weighted by atomic mass is 10.1. The highest BCUT2D eigenvalue weighted by molar-refractivity contribution is 9.10. The van der Waals surface area contributed by atoms with Gasteiger partial charge < -0.3 is 10.4 Å². The maximum absolute atomic E-state index is 10.7. The van der Waals surface area contributed by atoms with E-state index in [9.17, 15) is 4.79 Å². The first-order valence-corrected chi connectivity index (χ1v) is 7.55. The fourth-order valence-electron chi connectivity index (χ4n) is 2.33. The third kappa shape index (κ3) is 4.33. The van der Waals surface area contributed by atoms with Gasteiger partial charge in [-0.25, -0.2) is 0 Å². The Hall–Kier alpha value is -1.81. The number of halogens is 1. The minimum Gasteiger partial charge on any atom is -0.481 e. The molecule has 2 aromatic rings. The van der Waals surface area contributed by atoms with Gasteiger partial charge in [0.25, 0.3) is 0 Å². The number of benzene rings is 2. The summed E-state index contributed by atoms with van der Waals surface area (Å²) in [4.78, 5) is 10.7. The van der Waals surface area contributed by atoms with Gasteiger partial charge in [-0.1, -0.05) is 40.2 Å². The van der Waals surface area contributed by atoms with E-state index in [-0.39, 0.29) is 6.42 Å². The van der Waals surface area contributed by atoms with Crippen LogP contribution in [0.25, 0.3) is 0 Å². The molecule has 21 heavy (non-hydrogen) atoms. The number of aryl methyl sites for hydroxylation is 2. The highest BCUT2D eigenvalue weighted by atomic mass is 79.9. The van der Waals surface area contributed by atoms with Crippen molar-refractivity contribution in [3.05, 3.63) is 63.1 Å². The van der Waals surface area contributed by atoms with E-state index in [1.165, 1.54) is 11.1 Å². The average Bonchev–Trinajstić information content (AvgIpc) is 2.38. The summed E-state index contributed by atoms with van der Waals surface area (Å²) >= 11 is 3.49. The van der Waals surface area contributed by atoms with E-state index in [1.807, 2.05) is 24.3 Å². The number of hydrogen-bond acceptors (Lipinski definition) is 2. The molecule has 0 unspecified atom stereocenters. The predicted octanol–water partition coefficient (Wildman–Crippen LogP) is 4.31. The number of nitrogens with one attached hydrogen (secondary N) is 1. The monoisotopic (exact) mass is 347 g/mol. The number of anilines is 1. The Balaban J connectivity index is 2.05. The standard InChI is InChI=1S/C17H18BrNO2/c1-11-7-15(18)8-12(2)17(11)19-10-14-5-3-13(4-6-14)9-16(20)21/h3-8,19H,9-10H2,1-2H3,(H,20,21). The lowest BCUT2D eigenvalue weighted by Crippen LogP contribution is -2.04. The smallest absolute Gasteiger partial charge is 0.307 e. The first-order chi connectivity index (χ1) is 9.95. The van der Waals surface area contributed by atoms with E-state index in [2.05, 4.69) is 47.2 Å². The minimum absolute atomic E-state index is 0.0681. The van der Waals surface area contributed by atoms with Gasteiger partial charge in [-0.05, 0) is 48.2 Å². The highest BCUT2D eigenvalue weighted by Gasteiger charge is 2.05. The van der Waals surface area contributed by atoms with E-state index in [0.717, 1.165) is 27.8 Å². The average molecular weight is 348 g/mol. The van der Waals surface area contributed by atoms with Gasteiger partial charge in [0.2, 0.25) is 0 Å². The molecule has 0 amide bonds. The van der Waals surface area contributed by atoms with Crippen LogP contribution in [0.4, 0.5) is 5.69 Å². The van der Waals surface area contributed by atoms with Crippen molar-refractivity contribution in [2.45, 2.75) is 26.8 Å². The van der Waals surface area contributed by atoms with Crippen molar-refractivity contribution >= 4 is 27.6 Å². The van der Waals surface area contributed by atoms with Crippen molar-refractivity contribution < 1.29 is 9.90 Å². The Bertz CT molecular complexity index is 627. The second kappa shape index (κ2) is 6.76. The van der Waals surface area contributed by atoms with Crippen molar-refractivity contribution in [2.24, 2.45) is 0 Å². The topological polar surface area (TPSA) is 49.3 Å². The van der Waals surface area contributed by atoms with Crippen LogP contribution in [0.15, 0.2) is 40.9 Å². The minimum atomic E-state index is -0.804. The second-order valence-electron chi connectivity index (χ2n) is 5.16. The normalized spacial score (nSPS) is 10.4. The molecule has 0 radical (unpaired) electrons. The molecule has 3 nitrogen and oxygen atoms in total. The molecule has 0 aromatic heterocycles. The molecule has 0 fully saturated rings. The summed E-state index contributed by atoms with van der Waals surface area (Å²) in [6.45, 7) is 4.88. The first kappa shape index (κ1) is 15.6. The summed E-state index contributed by atoms with van der Waals surface area (Å²) in [6, 6.07) is 11.8. The molecule has 0 saturated carbocycles. The first-order valence-electron chi connectivity index (χ1n) is 6.76. The third-order valence-corrected chi connectivity index (χ3v) is 3.80. The Labute approximate surface area is 133 Å². The second-order valence-corrected chi connectivity index (χ2v) is 6.07. The van der Waals surface area contributed by atoms with E-state index < -0.39 is 5.97 Å². The summed E-state index contributed by atoms with van der Waals surface area (Å²) in [5, 5.41) is 12.2. The molecule has 0 spiro atoms. The summed E-state index contributed by atoms with van der Waals surface area (Å²) in [6.07, 6.45) is 0.0681. The highest BCUT2D eigenvalue weighted by Crippen LogP contribution is 2.25.